The summed E-state index contributed by atoms with van der Waals surface area (Å²) in [5.74, 6) is 0.248. The minimum atomic E-state index is -3.38. The van der Waals surface area contributed by atoms with Crippen molar-refractivity contribution in [3.63, 3.8) is 0 Å². The number of hydrogen-bond acceptors (Lipinski definition) is 3. The summed E-state index contributed by atoms with van der Waals surface area (Å²) in [6.07, 6.45) is 3.39. The molecule has 3 unspecified atom stereocenters. The largest absolute Gasteiger partial charge is 0.266 e. The van der Waals surface area contributed by atoms with Gasteiger partial charge in [0.1, 0.15) is 0 Å². The average Bonchev–Trinajstić information content (AvgIpc) is 2.10. The molecule has 0 rings (SSSR count). The van der Waals surface area contributed by atoms with Crippen molar-refractivity contribution in [3.05, 3.63) is 12.7 Å². The van der Waals surface area contributed by atoms with E-state index in [1.807, 2.05) is 20.8 Å². The Morgan fingerprint density at radius 2 is 1.93 bits per heavy atom. The molecule has 0 aliphatic rings. The first-order chi connectivity index (χ1) is 6.31. The van der Waals surface area contributed by atoms with E-state index >= 15 is 0 Å². The Labute approximate surface area is 87.3 Å². The van der Waals surface area contributed by atoms with Gasteiger partial charge in [-0.25, -0.2) is 0 Å². The van der Waals surface area contributed by atoms with Crippen LogP contribution in [0.25, 0.3) is 0 Å². The van der Waals surface area contributed by atoms with Crippen LogP contribution in [0.2, 0.25) is 0 Å². The second-order valence-electron chi connectivity index (χ2n) is 3.75. The zero-order valence-electron chi connectivity index (χ0n) is 9.36. The van der Waals surface area contributed by atoms with Gasteiger partial charge in [-0.2, -0.15) is 8.42 Å². The Kier molecular flexibility index (Phi) is 5.37. The van der Waals surface area contributed by atoms with Crippen molar-refractivity contribution in [2.45, 2.75) is 33.3 Å². The first kappa shape index (κ1) is 13.7. The van der Waals surface area contributed by atoms with E-state index < -0.39 is 10.1 Å². The highest BCUT2D eigenvalue weighted by atomic mass is 32.2. The Hall–Kier alpha value is -0.350. The average molecular weight is 220 g/mol. The van der Waals surface area contributed by atoms with Crippen LogP contribution in [0.5, 0.6) is 0 Å². The number of hydrogen-bond donors (Lipinski definition) is 0. The van der Waals surface area contributed by atoms with E-state index in [0.29, 0.717) is 0 Å². The van der Waals surface area contributed by atoms with Crippen molar-refractivity contribution in [2.75, 3.05) is 6.26 Å². The van der Waals surface area contributed by atoms with Crippen LogP contribution in [-0.2, 0) is 14.3 Å². The van der Waals surface area contributed by atoms with Gasteiger partial charge in [-0.05, 0) is 5.92 Å². The molecule has 0 aromatic carbocycles. The second kappa shape index (κ2) is 5.51. The molecular weight excluding hydrogens is 200 g/mol. The summed E-state index contributed by atoms with van der Waals surface area (Å²) in [7, 11) is -3.38. The van der Waals surface area contributed by atoms with E-state index in [-0.39, 0.29) is 17.9 Å². The quantitative estimate of drug-likeness (QED) is 0.509. The molecule has 0 aliphatic heterocycles. The van der Waals surface area contributed by atoms with Crippen molar-refractivity contribution in [3.8, 4) is 0 Å². The van der Waals surface area contributed by atoms with Gasteiger partial charge in [-0.3, -0.25) is 4.18 Å². The van der Waals surface area contributed by atoms with Gasteiger partial charge in [0.2, 0.25) is 0 Å². The lowest BCUT2D eigenvalue weighted by atomic mass is 9.92. The zero-order valence-corrected chi connectivity index (χ0v) is 10.2. The fourth-order valence-corrected chi connectivity index (χ4v) is 2.04. The van der Waals surface area contributed by atoms with Crippen LogP contribution in [0.1, 0.15) is 27.2 Å². The van der Waals surface area contributed by atoms with Crippen molar-refractivity contribution >= 4 is 10.1 Å². The normalized spacial score (nSPS) is 18.6. The molecule has 0 amide bonds. The van der Waals surface area contributed by atoms with Gasteiger partial charge < -0.3 is 0 Å². The van der Waals surface area contributed by atoms with E-state index in [0.717, 1.165) is 12.7 Å². The monoisotopic (exact) mass is 220 g/mol. The van der Waals surface area contributed by atoms with Gasteiger partial charge >= 0.3 is 0 Å². The van der Waals surface area contributed by atoms with E-state index in [4.69, 9.17) is 4.18 Å². The lowest BCUT2D eigenvalue weighted by Gasteiger charge is -2.25. The third kappa shape index (κ3) is 4.77. The van der Waals surface area contributed by atoms with Crippen molar-refractivity contribution < 1.29 is 12.6 Å². The van der Waals surface area contributed by atoms with Gasteiger partial charge in [0.25, 0.3) is 10.1 Å². The molecule has 4 heteroatoms. The molecule has 0 radical (unpaired) electrons. The lowest BCUT2D eigenvalue weighted by molar-refractivity contribution is 0.114. The predicted octanol–water partition coefficient (Wildman–Crippen LogP) is 2.20. The molecule has 0 heterocycles. The molecule has 0 aromatic heterocycles. The first-order valence-electron chi connectivity index (χ1n) is 4.82. The topological polar surface area (TPSA) is 43.4 Å². The Balaban J connectivity index is 4.64. The van der Waals surface area contributed by atoms with Crippen molar-refractivity contribution in [1.82, 2.24) is 0 Å². The van der Waals surface area contributed by atoms with Gasteiger partial charge in [0, 0.05) is 5.92 Å². The maximum absolute atomic E-state index is 11.0. The summed E-state index contributed by atoms with van der Waals surface area (Å²) in [4.78, 5) is 0. The highest BCUT2D eigenvalue weighted by Crippen LogP contribution is 2.21. The van der Waals surface area contributed by atoms with Crippen LogP contribution in [0.3, 0.4) is 0 Å². The standard InChI is InChI=1S/C10H20O3S/c1-6-8(3)10(9(4)7-2)13-14(5,11)12/h6,8-10H,1,7H2,2-5H3. The van der Waals surface area contributed by atoms with Crippen LogP contribution >= 0.6 is 0 Å². The smallest absolute Gasteiger partial charge is 0.264 e. The molecule has 0 N–H and O–H groups in total. The molecule has 0 fully saturated rings. The maximum Gasteiger partial charge on any atom is 0.264 e. The summed E-state index contributed by atoms with van der Waals surface area (Å²) >= 11 is 0. The minimum absolute atomic E-state index is 0.0414. The van der Waals surface area contributed by atoms with Crippen LogP contribution in [-0.4, -0.2) is 20.8 Å². The molecule has 14 heavy (non-hydrogen) atoms. The Morgan fingerprint density at radius 1 is 1.43 bits per heavy atom. The summed E-state index contributed by atoms with van der Waals surface area (Å²) in [5, 5.41) is 0. The molecule has 3 nitrogen and oxygen atoms in total. The molecule has 0 spiro atoms. The molecule has 0 aliphatic carbocycles. The third-order valence-corrected chi connectivity index (χ3v) is 2.95. The maximum atomic E-state index is 11.0. The summed E-state index contributed by atoms with van der Waals surface area (Å²) in [5.41, 5.74) is 0. The van der Waals surface area contributed by atoms with Crippen molar-refractivity contribution in [2.24, 2.45) is 11.8 Å². The summed E-state index contributed by atoms with van der Waals surface area (Å²) in [6.45, 7) is 9.56. The molecule has 3 atom stereocenters. The van der Waals surface area contributed by atoms with Gasteiger partial charge in [0.05, 0.1) is 12.4 Å². The molecule has 84 valence electrons. The molecule has 0 saturated heterocycles. The SMILES string of the molecule is C=CC(C)C(OS(C)(=O)=O)C(C)CC. The van der Waals surface area contributed by atoms with E-state index in [9.17, 15) is 8.42 Å². The first-order valence-corrected chi connectivity index (χ1v) is 6.64. The van der Waals surface area contributed by atoms with E-state index in [1.54, 1.807) is 6.08 Å². The van der Waals surface area contributed by atoms with E-state index in [2.05, 4.69) is 6.58 Å². The molecule has 0 bridgehead atoms. The zero-order chi connectivity index (χ0) is 11.4. The van der Waals surface area contributed by atoms with Crippen molar-refractivity contribution in [1.29, 1.82) is 0 Å². The summed E-state index contributed by atoms with van der Waals surface area (Å²) < 4.78 is 27.1. The van der Waals surface area contributed by atoms with Crippen LogP contribution < -0.4 is 0 Å². The predicted molar refractivity (Wildman–Crippen MR) is 58.5 cm³/mol. The van der Waals surface area contributed by atoms with E-state index in [1.165, 1.54) is 0 Å². The molecule has 0 saturated carbocycles. The highest BCUT2D eigenvalue weighted by Gasteiger charge is 2.25. The minimum Gasteiger partial charge on any atom is -0.266 e. The highest BCUT2D eigenvalue weighted by molar-refractivity contribution is 7.86. The summed E-state index contributed by atoms with van der Waals surface area (Å²) in [6, 6.07) is 0. The number of rotatable bonds is 6. The van der Waals surface area contributed by atoms with Crippen LogP contribution in [0.15, 0.2) is 12.7 Å². The lowest BCUT2D eigenvalue weighted by Crippen LogP contribution is -2.30. The molecular formula is C10H20O3S. The Bertz CT molecular complexity index is 269. The van der Waals surface area contributed by atoms with Gasteiger partial charge in [-0.1, -0.05) is 33.3 Å². The molecule has 0 aromatic rings. The third-order valence-electron chi connectivity index (χ3n) is 2.38. The Morgan fingerprint density at radius 3 is 2.21 bits per heavy atom. The van der Waals surface area contributed by atoms with Crippen LogP contribution in [0, 0.1) is 11.8 Å². The fraction of sp³-hybridized carbons (Fsp3) is 0.800. The van der Waals surface area contributed by atoms with Gasteiger partial charge in [0.15, 0.2) is 0 Å². The van der Waals surface area contributed by atoms with Crippen LogP contribution in [0.4, 0.5) is 0 Å². The second-order valence-corrected chi connectivity index (χ2v) is 5.35. The van der Waals surface area contributed by atoms with Gasteiger partial charge in [-0.15, -0.1) is 6.58 Å². The fourth-order valence-electron chi connectivity index (χ4n) is 1.27.